The van der Waals surface area contributed by atoms with Crippen LogP contribution in [0, 0.1) is 11.8 Å². The molecule has 0 aromatic carbocycles. The van der Waals surface area contributed by atoms with Crippen LogP contribution in [0.5, 0.6) is 0 Å². The molecule has 2 unspecified atom stereocenters. The number of hydrogen-bond acceptors (Lipinski definition) is 2. The van der Waals surface area contributed by atoms with Crippen LogP contribution in [0.25, 0.3) is 0 Å². The average Bonchev–Trinajstić information content (AvgIpc) is 3.10. The normalized spacial score (nSPS) is 35.2. The number of piperazine rings is 1. The molecule has 0 bridgehead atoms. The minimum atomic E-state index is 0.753. The number of nitrogens with one attached hydrogen (secondary N) is 1. The number of rotatable bonds is 5. The largest absolute Gasteiger partial charge is 0.311 e. The highest BCUT2D eigenvalue weighted by Gasteiger charge is 2.35. The van der Waals surface area contributed by atoms with Crippen LogP contribution in [0.2, 0.25) is 0 Å². The van der Waals surface area contributed by atoms with E-state index >= 15 is 0 Å². The van der Waals surface area contributed by atoms with Crippen LogP contribution in [0.4, 0.5) is 0 Å². The van der Waals surface area contributed by atoms with Crippen molar-refractivity contribution in [3.05, 3.63) is 0 Å². The first-order valence-corrected chi connectivity index (χ1v) is 8.30. The highest BCUT2D eigenvalue weighted by atomic mass is 15.2. The monoisotopic (exact) mass is 250 g/mol. The SMILES string of the molecule is CC1CNC(C2CC2)CN1CCCC1CCCC1. The van der Waals surface area contributed by atoms with E-state index in [9.17, 15) is 0 Å². The molecule has 2 heteroatoms. The van der Waals surface area contributed by atoms with Gasteiger partial charge in [0.15, 0.2) is 0 Å². The fourth-order valence-electron chi connectivity index (χ4n) is 3.96. The van der Waals surface area contributed by atoms with Gasteiger partial charge in [-0.05, 0) is 51.0 Å². The van der Waals surface area contributed by atoms with Gasteiger partial charge in [-0.1, -0.05) is 25.7 Å². The van der Waals surface area contributed by atoms with Crippen LogP contribution in [0.3, 0.4) is 0 Å². The summed E-state index contributed by atoms with van der Waals surface area (Å²) in [6.07, 6.45) is 11.9. The molecular formula is C16H30N2. The molecule has 104 valence electrons. The van der Waals surface area contributed by atoms with Crippen LogP contribution >= 0.6 is 0 Å². The Morgan fingerprint density at radius 2 is 1.89 bits per heavy atom. The van der Waals surface area contributed by atoms with Gasteiger partial charge in [0.2, 0.25) is 0 Å². The van der Waals surface area contributed by atoms with E-state index in [4.69, 9.17) is 0 Å². The third kappa shape index (κ3) is 3.27. The summed E-state index contributed by atoms with van der Waals surface area (Å²) >= 11 is 0. The zero-order chi connectivity index (χ0) is 12.4. The van der Waals surface area contributed by atoms with E-state index < -0.39 is 0 Å². The second-order valence-electron chi connectivity index (χ2n) is 6.99. The second kappa shape index (κ2) is 5.92. The Bertz CT molecular complexity index is 256. The molecule has 3 aliphatic rings. The van der Waals surface area contributed by atoms with E-state index in [0.29, 0.717) is 0 Å². The molecule has 2 saturated carbocycles. The molecule has 0 spiro atoms. The summed E-state index contributed by atoms with van der Waals surface area (Å²) in [6.45, 7) is 6.27. The Morgan fingerprint density at radius 3 is 2.61 bits per heavy atom. The van der Waals surface area contributed by atoms with Gasteiger partial charge in [0.25, 0.3) is 0 Å². The molecule has 2 nitrogen and oxygen atoms in total. The van der Waals surface area contributed by atoms with Crippen molar-refractivity contribution in [2.45, 2.75) is 70.4 Å². The van der Waals surface area contributed by atoms with Crippen molar-refractivity contribution in [1.29, 1.82) is 0 Å². The summed E-state index contributed by atoms with van der Waals surface area (Å²) in [5.74, 6) is 2.08. The van der Waals surface area contributed by atoms with E-state index in [1.165, 1.54) is 71.0 Å². The van der Waals surface area contributed by atoms with Crippen molar-refractivity contribution in [1.82, 2.24) is 10.2 Å². The molecule has 0 radical (unpaired) electrons. The Morgan fingerprint density at radius 1 is 1.11 bits per heavy atom. The van der Waals surface area contributed by atoms with Gasteiger partial charge in [-0.15, -0.1) is 0 Å². The van der Waals surface area contributed by atoms with Crippen molar-refractivity contribution >= 4 is 0 Å². The van der Waals surface area contributed by atoms with Gasteiger partial charge in [0.1, 0.15) is 0 Å². The van der Waals surface area contributed by atoms with Gasteiger partial charge >= 0.3 is 0 Å². The molecule has 0 aromatic rings. The minimum Gasteiger partial charge on any atom is -0.311 e. The van der Waals surface area contributed by atoms with Gasteiger partial charge in [-0.3, -0.25) is 4.90 Å². The molecular weight excluding hydrogens is 220 g/mol. The average molecular weight is 250 g/mol. The van der Waals surface area contributed by atoms with Gasteiger partial charge in [0.05, 0.1) is 0 Å². The van der Waals surface area contributed by atoms with Crippen molar-refractivity contribution in [3.8, 4) is 0 Å². The molecule has 3 rings (SSSR count). The topological polar surface area (TPSA) is 15.3 Å². The molecule has 1 heterocycles. The maximum absolute atomic E-state index is 3.75. The van der Waals surface area contributed by atoms with E-state index in [-0.39, 0.29) is 0 Å². The minimum absolute atomic E-state index is 0.753. The molecule has 1 saturated heterocycles. The van der Waals surface area contributed by atoms with Crippen LogP contribution in [0.15, 0.2) is 0 Å². The lowest BCUT2D eigenvalue weighted by Gasteiger charge is -2.39. The van der Waals surface area contributed by atoms with E-state index in [0.717, 1.165) is 23.9 Å². The highest BCUT2D eigenvalue weighted by molar-refractivity contribution is 4.93. The van der Waals surface area contributed by atoms with Gasteiger partial charge in [0, 0.05) is 25.2 Å². The lowest BCUT2D eigenvalue weighted by molar-refractivity contribution is 0.128. The first-order valence-electron chi connectivity index (χ1n) is 8.30. The summed E-state index contributed by atoms with van der Waals surface area (Å²) in [4.78, 5) is 2.76. The van der Waals surface area contributed by atoms with Crippen LogP contribution < -0.4 is 5.32 Å². The fourth-order valence-corrected chi connectivity index (χ4v) is 3.96. The predicted molar refractivity (Wildman–Crippen MR) is 76.7 cm³/mol. The standard InChI is InChI=1S/C16H30N2/c1-13-11-17-16(15-8-9-15)12-18(13)10-4-7-14-5-2-3-6-14/h13-17H,2-12H2,1H3. The van der Waals surface area contributed by atoms with Gasteiger partial charge in [-0.25, -0.2) is 0 Å². The summed E-state index contributed by atoms with van der Waals surface area (Å²) in [7, 11) is 0. The first kappa shape index (κ1) is 12.9. The summed E-state index contributed by atoms with van der Waals surface area (Å²) < 4.78 is 0. The maximum atomic E-state index is 3.75. The molecule has 3 fully saturated rings. The smallest absolute Gasteiger partial charge is 0.0224 e. The summed E-state index contributed by atoms with van der Waals surface area (Å²) in [5, 5.41) is 3.75. The van der Waals surface area contributed by atoms with Crippen LogP contribution in [-0.4, -0.2) is 36.6 Å². The maximum Gasteiger partial charge on any atom is 0.0224 e. The Hall–Kier alpha value is -0.0800. The van der Waals surface area contributed by atoms with E-state index in [2.05, 4.69) is 17.1 Å². The van der Waals surface area contributed by atoms with Crippen LogP contribution in [-0.2, 0) is 0 Å². The molecule has 1 aliphatic heterocycles. The highest BCUT2D eigenvalue weighted by Crippen LogP contribution is 2.34. The Kier molecular flexibility index (Phi) is 4.25. The predicted octanol–water partition coefficient (Wildman–Crippen LogP) is 3.03. The molecule has 2 atom stereocenters. The van der Waals surface area contributed by atoms with Crippen molar-refractivity contribution in [2.75, 3.05) is 19.6 Å². The van der Waals surface area contributed by atoms with E-state index in [1.807, 2.05) is 0 Å². The zero-order valence-corrected chi connectivity index (χ0v) is 12.0. The van der Waals surface area contributed by atoms with Crippen molar-refractivity contribution in [2.24, 2.45) is 11.8 Å². The second-order valence-corrected chi connectivity index (χ2v) is 6.99. The summed E-state index contributed by atoms with van der Waals surface area (Å²) in [5.41, 5.74) is 0. The van der Waals surface area contributed by atoms with Crippen LogP contribution in [0.1, 0.15) is 58.3 Å². The molecule has 1 N–H and O–H groups in total. The number of nitrogens with zero attached hydrogens (tertiary/aromatic N) is 1. The molecule has 18 heavy (non-hydrogen) atoms. The Balaban J connectivity index is 1.39. The number of hydrogen-bond donors (Lipinski definition) is 1. The zero-order valence-electron chi connectivity index (χ0n) is 12.0. The van der Waals surface area contributed by atoms with Gasteiger partial charge in [-0.2, -0.15) is 0 Å². The van der Waals surface area contributed by atoms with Gasteiger partial charge < -0.3 is 5.32 Å². The first-order chi connectivity index (χ1) is 8.83. The molecule has 2 aliphatic carbocycles. The fraction of sp³-hybridized carbons (Fsp3) is 1.00. The third-order valence-electron chi connectivity index (χ3n) is 5.45. The lowest BCUT2D eigenvalue weighted by Crippen LogP contribution is -2.56. The Labute approximate surface area is 113 Å². The lowest BCUT2D eigenvalue weighted by atomic mass is 10.0. The van der Waals surface area contributed by atoms with E-state index in [1.54, 1.807) is 0 Å². The quantitative estimate of drug-likeness (QED) is 0.807. The molecule has 0 aromatic heterocycles. The molecule has 0 amide bonds. The summed E-state index contributed by atoms with van der Waals surface area (Å²) in [6, 6.07) is 1.57. The third-order valence-corrected chi connectivity index (χ3v) is 5.45. The van der Waals surface area contributed by atoms with Crippen molar-refractivity contribution in [3.63, 3.8) is 0 Å². The van der Waals surface area contributed by atoms with Crippen molar-refractivity contribution < 1.29 is 0 Å².